The number of carboxylic acids is 1. The second-order valence-corrected chi connectivity index (χ2v) is 5.68. The highest BCUT2D eigenvalue weighted by Crippen LogP contribution is 2.32. The zero-order valence-corrected chi connectivity index (χ0v) is 13.4. The molecule has 0 radical (unpaired) electrons. The lowest BCUT2D eigenvalue weighted by molar-refractivity contribution is 0.0693. The molecule has 0 amide bonds. The minimum atomic E-state index is -1.17. The molecule has 0 unspecified atom stereocenters. The van der Waals surface area contributed by atoms with E-state index in [0.717, 1.165) is 17.0 Å². The van der Waals surface area contributed by atoms with Gasteiger partial charge in [0, 0.05) is 31.4 Å². The first-order valence-electron chi connectivity index (χ1n) is 7.39. The van der Waals surface area contributed by atoms with Gasteiger partial charge >= 0.3 is 5.97 Å². The van der Waals surface area contributed by atoms with E-state index in [4.69, 9.17) is 9.84 Å². The number of fused-ring (bicyclic) bond motifs is 1. The van der Waals surface area contributed by atoms with Crippen molar-refractivity contribution < 1.29 is 19.7 Å². The monoisotopic (exact) mass is 323 g/mol. The summed E-state index contributed by atoms with van der Waals surface area (Å²) in [6, 6.07) is 10.4. The third-order valence-electron chi connectivity index (χ3n) is 3.73. The topological polar surface area (TPSA) is 70.0 Å². The van der Waals surface area contributed by atoms with Gasteiger partial charge in [-0.15, -0.1) is 0 Å². The van der Waals surface area contributed by atoms with E-state index in [1.165, 1.54) is 12.1 Å². The largest absolute Gasteiger partial charge is 0.507 e. The number of carbonyl (C=O) groups is 1. The highest BCUT2D eigenvalue weighted by Gasteiger charge is 2.13. The van der Waals surface area contributed by atoms with Gasteiger partial charge in [-0.3, -0.25) is 0 Å². The Bertz CT molecular complexity index is 866. The Morgan fingerprint density at radius 1 is 1.12 bits per heavy atom. The third kappa shape index (κ3) is 3.10. The summed E-state index contributed by atoms with van der Waals surface area (Å²) >= 11 is 0. The molecule has 24 heavy (non-hydrogen) atoms. The molecule has 0 spiro atoms. The lowest BCUT2D eigenvalue weighted by atomic mass is 10.1. The average Bonchev–Trinajstić information content (AvgIpc) is 2.55. The predicted molar refractivity (Wildman–Crippen MR) is 93.5 cm³/mol. The maximum absolute atomic E-state index is 11.1. The molecule has 1 aliphatic heterocycles. The summed E-state index contributed by atoms with van der Waals surface area (Å²) in [5.74, 6) is -0.0906. The molecule has 0 bridgehead atoms. The molecule has 5 nitrogen and oxygen atoms in total. The maximum Gasteiger partial charge on any atom is 0.339 e. The fourth-order valence-electron chi connectivity index (χ4n) is 2.42. The van der Waals surface area contributed by atoms with Crippen LogP contribution >= 0.6 is 0 Å². The van der Waals surface area contributed by atoms with Gasteiger partial charge in [-0.25, -0.2) is 4.79 Å². The number of allylic oxidation sites excluding steroid dienone is 1. The van der Waals surface area contributed by atoms with Crippen molar-refractivity contribution >= 4 is 23.8 Å². The van der Waals surface area contributed by atoms with Gasteiger partial charge in [-0.05, 0) is 48.1 Å². The maximum atomic E-state index is 11.1. The minimum absolute atomic E-state index is 0.139. The van der Waals surface area contributed by atoms with Crippen LogP contribution in [0.1, 0.15) is 21.5 Å². The number of phenols is 1. The number of carboxylic acid groups (broad SMARTS) is 1. The van der Waals surface area contributed by atoms with Crippen molar-refractivity contribution in [3.8, 4) is 11.5 Å². The third-order valence-corrected chi connectivity index (χ3v) is 3.73. The smallest absolute Gasteiger partial charge is 0.339 e. The Morgan fingerprint density at radius 3 is 2.62 bits per heavy atom. The van der Waals surface area contributed by atoms with Gasteiger partial charge in [0.1, 0.15) is 22.8 Å². The quantitative estimate of drug-likeness (QED) is 0.903. The van der Waals surface area contributed by atoms with Gasteiger partial charge in [0.05, 0.1) is 0 Å². The first kappa shape index (κ1) is 15.7. The molecule has 0 aromatic heterocycles. The van der Waals surface area contributed by atoms with Crippen LogP contribution in [0.25, 0.3) is 12.2 Å². The molecule has 1 heterocycles. The molecule has 0 saturated carbocycles. The van der Waals surface area contributed by atoms with Crippen molar-refractivity contribution in [2.45, 2.75) is 0 Å². The van der Waals surface area contributed by atoms with Gasteiger partial charge in [0.2, 0.25) is 0 Å². The van der Waals surface area contributed by atoms with Crippen LogP contribution in [0.15, 0.2) is 48.2 Å². The van der Waals surface area contributed by atoms with Crippen LogP contribution in [0.2, 0.25) is 0 Å². The number of benzene rings is 2. The van der Waals surface area contributed by atoms with Gasteiger partial charge in [-0.2, -0.15) is 0 Å². The highest BCUT2D eigenvalue weighted by atomic mass is 16.5. The molecular weight excluding hydrogens is 306 g/mol. The van der Waals surface area contributed by atoms with Crippen LogP contribution < -0.4 is 9.64 Å². The molecule has 2 aromatic rings. The van der Waals surface area contributed by atoms with Crippen molar-refractivity contribution in [1.29, 1.82) is 0 Å². The molecule has 0 aliphatic carbocycles. The Morgan fingerprint density at radius 2 is 1.92 bits per heavy atom. The Balaban J connectivity index is 1.93. The SMILES string of the molecule is CN(C)c1ccc2c(c1)OC(=Cc1ccc(O)c(C(=O)O)c1)C=C2. The molecule has 122 valence electrons. The van der Waals surface area contributed by atoms with Crippen LogP contribution in [0.3, 0.4) is 0 Å². The van der Waals surface area contributed by atoms with Crippen molar-refractivity contribution in [2.24, 2.45) is 0 Å². The number of anilines is 1. The fraction of sp³-hybridized carbons (Fsp3) is 0.105. The van der Waals surface area contributed by atoms with Crippen molar-refractivity contribution in [2.75, 3.05) is 19.0 Å². The number of aromatic carboxylic acids is 1. The Labute approximate surface area is 139 Å². The number of ether oxygens (including phenoxy) is 1. The summed E-state index contributed by atoms with van der Waals surface area (Å²) in [6.07, 6.45) is 5.50. The van der Waals surface area contributed by atoms with E-state index in [0.29, 0.717) is 11.3 Å². The molecule has 0 saturated heterocycles. The number of aromatic hydroxyl groups is 1. The van der Waals surface area contributed by atoms with E-state index >= 15 is 0 Å². The zero-order valence-electron chi connectivity index (χ0n) is 13.4. The Hall–Kier alpha value is -3.21. The van der Waals surface area contributed by atoms with E-state index in [1.54, 1.807) is 12.1 Å². The van der Waals surface area contributed by atoms with E-state index in [1.807, 2.05) is 49.3 Å². The number of rotatable bonds is 3. The summed E-state index contributed by atoms with van der Waals surface area (Å²) in [5.41, 5.74) is 2.51. The highest BCUT2D eigenvalue weighted by molar-refractivity contribution is 5.91. The van der Waals surface area contributed by atoms with E-state index in [9.17, 15) is 9.90 Å². The Kier molecular flexibility index (Phi) is 4.00. The second kappa shape index (κ2) is 6.12. The number of nitrogens with zero attached hydrogens (tertiary/aromatic N) is 1. The van der Waals surface area contributed by atoms with Crippen LogP contribution in [0.4, 0.5) is 5.69 Å². The zero-order chi connectivity index (χ0) is 17.3. The van der Waals surface area contributed by atoms with Gasteiger partial charge in [0.15, 0.2) is 0 Å². The molecule has 2 N–H and O–H groups in total. The van der Waals surface area contributed by atoms with Gasteiger partial charge in [0.25, 0.3) is 0 Å². The summed E-state index contributed by atoms with van der Waals surface area (Å²) in [7, 11) is 3.92. The van der Waals surface area contributed by atoms with E-state index in [2.05, 4.69) is 0 Å². The standard InChI is InChI=1S/C19H17NO4/c1-20(2)14-6-4-13-5-7-15(24-18(13)11-14)9-12-3-8-17(21)16(10-12)19(22)23/h3-11,21H,1-2H3,(H,22,23). The number of hydrogen-bond donors (Lipinski definition) is 2. The number of hydrogen-bond acceptors (Lipinski definition) is 4. The summed E-state index contributed by atoms with van der Waals surface area (Å²) in [4.78, 5) is 13.1. The normalized spacial score (nSPS) is 14.2. The molecular formula is C19H17NO4. The van der Waals surface area contributed by atoms with Crippen molar-refractivity contribution in [3.05, 3.63) is 64.9 Å². The second-order valence-electron chi connectivity index (χ2n) is 5.68. The molecule has 5 heteroatoms. The average molecular weight is 323 g/mol. The van der Waals surface area contributed by atoms with Crippen LogP contribution in [0.5, 0.6) is 11.5 Å². The summed E-state index contributed by atoms with van der Waals surface area (Å²) < 4.78 is 5.89. The lowest BCUT2D eigenvalue weighted by Crippen LogP contribution is -2.09. The fourth-order valence-corrected chi connectivity index (χ4v) is 2.42. The van der Waals surface area contributed by atoms with Gasteiger partial charge < -0.3 is 19.8 Å². The van der Waals surface area contributed by atoms with Crippen LogP contribution in [0, 0.1) is 0 Å². The van der Waals surface area contributed by atoms with Crippen LogP contribution in [-0.4, -0.2) is 30.3 Å². The first-order chi connectivity index (χ1) is 11.4. The minimum Gasteiger partial charge on any atom is -0.507 e. The first-order valence-corrected chi connectivity index (χ1v) is 7.39. The molecule has 3 rings (SSSR count). The lowest BCUT2D eigenvalue weighted by Gasteiger charge is -2.19. The van der Waals surface area contributed by atoms with E-state index < -0.39 is 5.97 Å². The molecule has 0 atom stereocenters. The predicted octanol–water partition coefficient (Wildman–Crippen LogP) is 3.60. The molecule has 2 aromatic carbocycles. The van der Waals surface area contributed by atoms with Gasteiger partial charge in [-0.1, -0.05) is 6.07 Å². The summed E-state index contributed by atoms with van der Waals surface area (Å²) in [6.45, 7) is 0. The van der Waals surface area contributed by atoms with E-state index in [-0.39, 0.29) is 11.3 Å². The van der Waals surface area contributed by atoms with Crippen molar-refractivity contribution in [3.63, 3.8) is 0 Å². The molecule has 0 fully saturated rings. The summed E-state index contributed by atoms with van der Waals surface area (Å²) in [5, 5.41) is 18.7. The van der Waals surface area contributed by atoms with Crippen LogP contribution in [-0.2, 0) is 0 Å². The van der Waals surface area contributed by atoms with Crippen molar-refractivity contribution in [1.82, 2.24) is 0 Å². The molecule has 1 aliphatic rings.